The third kappa shape index (κ3) is 6.37. The highest BCUT2D eigenvalue weighted by Crippen LogP contribution is 2.32. The van der Waals surface area contributed by atoms with Crippen molar-refractivity contribution in [2.24, 2.45) is 5.73 Å². The van der Waals surface area contributed by atoms with Crippen LogP contribution in [-0.4, -0.2) is 27.8 Å². The normalized spacial score (nSPS) is 12.4. The van der Waals surface area contributed by atoms with Gasteiger partial charge in [0.05, 0.1) is 17.9 Å². The molecule has 0 radical (unpaired) electrons. The van der Waals surface area contributed by atoms with Gasteiger partial charge < -0.3 is 15.5 Å². The molecular formula is C33H29N3O3. The molecule has 6 nitrogen and oxygen atoms in total. The molecule has 4 aromatic carbocycles. The van der Waals surface area contributed by atoms with Gasteiger partial charge in [0.2, 0.25) is 0 Å². The summed E-state index contributed by atoms with van der Waals surface area (Å²) in [4.78, 5) is 32.5. The molecule has 39 heavy (non-hydrogen) atoms. The first kappa shape index (κ1) is 25.8. The highest BCUT2D eigenvalue weighted by molar-refractivity contribution is 6.00. The molecule has 1 aromatic heterocycles. The lowest BCUT2D eigenvalue weighted by molar-refractivity contribution is 0.0472. The minimum Gasteiger partial charge on any atom is -0.457 e. The Morgan fingerprint density at radius 2 is 1.31 bits per heavy atom. The number of ketones is 1. The fourth-order valence-corrected chi connectivity index (χ4v) is 4.62. The Labute approximate surface area is 227 Å². The van der Waals surface area contributed by atoms with Gasteiger partial charge in [0.15, 0.2) is 5.78 Å². The molecule has 194 valence electrons. The van der Waals surface area contributed by atoms with Crippen LogP contribution >= 0.6 is 0 Å². The molecule has 6 heteroatoms. The minimum absolute atomic E-state index is 0.0802. The van der Waals surface area contributed by atoms with Crippen molar-refractivity contribution in [3.8, 4) is 0 Å². The van der Waals surface area contributed by atoms with Crippen LogP contribution in [0.5, 0.6) is 0 Å². The van der Waals surface area contributed by atoms with E-state index in [4.69, 9.17) is 10.5 Å². The summed E-state index contributed by atoms with van der Waals surface area (Å²) in [6.45, 7) is 0.227. The number of nitrogens with two attached hydrogens (primary N) is 1. The zero-order chi connectivity index (χ0) is 27.0. The highest BCUT2D eigenvalue weighted by Gasteiger charge is 2.20. The Kier molecular flexibility index (Phi) is 8.05. The van der Waals surface area contributed by atoms with Crippen LogP contribution in [0.1, 0.15) is 54.6 Å². The van der Waals surface area contributed by atoms with E-state index in [1.807, 2.05) is 84.9 Å². The Hall–Kier alpha value is -4.81. The minimum atomic E-state index is -0.657. The van der Waals surface area contributed by atoms with Gasteiger partial charge in [-0.05, 0) is 34.4 Å². The molecule has 0 aliphatic heterocycles. The van der Waals surface area contributed by atoms with Gasteiger partial charge in [0, 0.05) is 29.8 Å². The summed E-state index contributed by atoms with van der Waals surface area (Å²) in [5.74, 6) is -0.565. The van der Waals surface area contributed by atoms with Gasteiger partial charge in [-0.1, -0.05) is 97.1 Å². The zero-order valence-electron chi connectivity index (χ0n) is 21.4. The van der Waals surface area contributed by atoms with Crippen LogP contribution in [0.25, 0.3) is 0 Å². The van der Waals surface area contributed by atoms with Gasteiger partial charge in [0.1, 0.15) is 6.61 Å². The summed E-state index contributed by atoms with van der Waals surface area (Å²) >= 11 is 0. The van der Waals surface area contributed by atoms with Gasteiger partial charge >= 0.3 is 5.97 Å². The largest absolute Gasteiger partial charge is 0.457 e. The summed E-state index contributed by atoms with van der Waals surface area (Å²) in [5, 5.41) is 0. The number of esters is 1. The van der Waals surface area contributed by atoms with Crippen LogP contribution in [-0.2, 0) is 17.8 Å². The van der Waals surface area contributed by atoms with E-state index >= 15 is 0 Å². The molecule has 2 atom stereocenters. The van der Waals surface area contributed by atoms with Crippen molar-refractivity contribution < 1.29 is 14.3 Å². The van der Waals surface area contributed by atoms with E-state index in [9.17, 15) is 9.59 Å². The van der Waals surface area contributed by atoms with Gasteiger partial charge in [-0.15, -0.1) is 0 Å². The van der Waals surface area contributed by atoms with Gasteiger partial charge in [0.25, 0.3) is 0 Å². The lowest BCUT2D eigenvalue weighted by atomic mass is 9.84. The predicted molar refractivity (Wildman–Crippen MR) is 150 cm³/mol. The SMILES string of the molecule is N[C@@H](Cc1cnc[nH]1)C(=O)c1ccc(C(c2ccccc2)c2ccc(C(=O)OCc3ccccc3)cc2)cc1. The Morgan fingerprint density at radius 3 is 1.90 bits per heavy atom. The van der Waals surface area contributed by atoms with Crippen molar-refractivity contribution in [2.75, 3.05) is 0 Å². The molecule has 5 aromatic rings. The summed E-state index contributed by atoms with van der Waals surface area (Å²) < 4.78 is 5.48. The molecule has 0 fully saturated rings. The average Bonchev–Trinajstić information content (AvgIpc) is 3.50. The van der Waals surface area contributed by atoms with E-state index in [0.29, 0.717) is 17.5 Å². The number of carbonyl (C=O) groups excluding carboxylic acids is 2. The second-order valence-corrected chi connectivity index (χ2v) is 9.40. The van der Waals surface area contributed by atoms with E-state index in [0.717, 1.165) is 27.9 Å². The lowest BCUT2D eigenvalue weighted by Gasteiger charge is -2.20. The number of benzene rings is 4. The number of aromatic nitrogens is 2. The highest BCUT2D eigenvalue weighted by atomic mass is 16.5. The molecule has 1 unspecified atom stereocenters. The third-order valence-electron chi connectivity index (χ3n) is 6.69. The number of H-pyrrole nitrogens is 1. The van der Waals surface area contributed by atoms with Crippen molar-refractivity contribution in [3.05, 3.63) is 161 Å². The van der Waals surface area contributed by atoms with Crippen LogP contribution in [0.4, 0.5) is 0 Å². The second-order valence-electron chi connectivity index (χ2n) is 9.40. The number of rotatable bonds is 10. The topological polar surface area (TPSA) is 98.1 Å². The Balaban J connectivity index is 1.34. The molecule has 5 rings (SSSR count). The van der Waals surface area contributed by atoms with E-state index in [1.165, 1.54) is 0 Å². The Morgan fingerprint density at radius 1 is 0.744 bits per heavy atom. The molecular weight excluding hydrogens is 486 g/mol. The summed E-state index contributed by atoms with van der Waals surface area (Å²) in [7, 11) is 0. The third-order valence-corrected chi connectivity index (χ3v) is 6.69. The van der Waals surface area contributed by atoms with Crippen molar-refractivity contribution in [1.82, 2.24) is 9.97 Å². The summed E-state index contributed by atoms with van der Waals surface area (Å²) in [6, 6.07) is 34.2. The number of nitrogens with zero attached hydrogens (tertiary/aromatic N) is 1. The number of imidazole rings is 1. The lowest BCUT2D eigenvalue weighted by Crippen LogP contribution is -2.32. The number of ether oxygens (including phenoxy) is 1. The molecule has 0 aliphatic carbocycles. The van der Waals surface area contributed by atoms with Crippen LogP contribution in [0.2, 0.25) is 0 Å². The molecule has 0 spiro atoms. The van der Waals surface area contributed by atoms with Crippen LogP contribution in [0.3, 0.4) is 0 Å². The quantitative estimate of drug-likeness (QED) is 0.141. The first-order valence-electron chi connectivity index (χ1n) is 12.8. The van der Waals surface area contributed by atoms with Crippen LogP contribution in [0.15, 0.2) is 122 Å². The van der Waals surface area contributed by atoms with Gasteiger partial charge in [-0.3, -0.25) is 4.79 Å². The Bertz CT molecular complexity index is 1500. The summed E-state index contributed by atoms with van der Waals surface area (Å²) in [6.07, 6.45) is 3.65. The number of hydrogen-bond acceptors (Lipinski definition) is 5. The maximum atomic E-state index is 12.9. The maximum absolute atomic E-state index is 12.9. The van der Waals surface area contributed by atoms with E-state index in [1.54, 1.807) is 24.7 Å². The molecule has 0 saturated carbocycles. The number of aromatic amines is 1. The summed E-state index contributed by atoms with van der Waals surface area (Å²) in [5.41, 5.74) is 12.2. The second kappa shape index (κ2) is 12.2. The van der Waals surface area contributed by atoms with Crippen molar-refractivity contribution >= 4 is 11.8 Å². The number of hydrogen-bond donors (Lipinski definition) is 2. The standard InChI is InChI=1S/C33H29N3O3/c34-30(19-29-20-35-22-36-29)32(37)27-15-11-25(12-16-27)31(24-9-5-2-6-10-24)26-13-17-28(18-14-26)33(38)39-21-23-7-3-1-4-8-23/h1-18,20,22,30-31H,19,21,34H2,(H,35,36)/t30-,31?/m0/s1. The van der Waals surface area contributed by atoms with E-state index in [-0.39, 0.29) is 24.3 Å². The molecule has 0 aliphatic rings. The van der Waals surface area contributed by atoms with E-state index in [2.05, 4.69) is 22.1 Å². The van der Waals surface area contributed by atoms with Gasteiger partial charge in [-0.2, -0.15) is 0 Å². The molecule has 3 N–H and O–H groups in total. The number of nitrogens with one attached hydrogen (secondary N) is 1. The molecule has 1 heterocycles. The van der Waals surface area contributed by atoms with Crippen molar-refractivity contribution in [2.45, 2.75) is 25.0 Å². The average molecular weight is 516 g/mol. The smallest absolute Gasteiger partial charge is 0.338 e. The molecule has 0 bridgehead atoms. The molecule has 0 saturated heterocycles. The van der Waals surface area contributed by atoms with Crippen molar-refractivity contribution in [1.29, 1.82) is 0 Å². The number of Topliss-reactive ketones (excluding diaryl/α,β-unsaturated/α-hetero) is 1. The van der Waals surface area contributed by atoms with Crippen molar-refractivity contribution in [3.63, 3.8) is 0 Å². The predicted octanol–water partition coefficient (Wildman–Crippen LogP) is 5.70. The van der Waals surface area contributed by atoms with E-state index < -0.39 is 6.04 Å². The molecule has 0 amide bonds. The van der Waals surface area contributed by atoms with Crippen LogP contribution in [0, 0.1) is 0 Å². The first-order valence-corrected chi connectivity index (χ1v) is 12.8. The maximum Gasteiger partial charge on any atom is 0.338 e. The fraction of sp³-hybridized carbons (Fsp3) is 0.121. The fourth-order valence-electron chi connectivity index (χ4n) is 4.62. The van der Waals surface area contributed by atoms with Crippen LogP contribution < -0.4 is 5.73 Å². The monoisotopic (exact) mass is 515 g/mol. The first-order chi connectivity index (χ1) is 19.1. The van der Waals surface area contributed by atoms with Gasteiger partial charge in [-0.25, -0.2) is 9.78 Å². The number of carbonyl (C=O) groups is 2. The zero-order valence-corrected chi connectivity index (χ0v) is 21.4.